The summed E-state index contributed by atoms with van der Waals surface area (Å²) in [4.78, 5) is 3.88. The zero-order valence-electron chi connectivity index (χ0n) is 6.67. The molecular formula is C9H8BrNS. The van der Waals surface area contributed by atoms with Gasteiger partial charge in [0.2, 0.25) is 0 Å². The summed E-state index contributed by atoms with van der Waals surface area (Å²) in [7, 11) is 0. The van der Waals surface area contributed by atoms with Gasteiger partial charge in [0.05, 0.1) is 11.7 Å². The van der Waals surface area contributed by atoms with Crippen LogP contribution < -0.4 is 0 Å². The molecule has 1 rings (SSSR count). The highest BCUT2D eigenvalue weighted by Crippen LogP contribution is 2.16. The van der Waals surface area contributed by atoms with Gasteiger partial charge in [-0.1, -0.05) is 22.0 Å². The molecule has 0 atom stereocenters. The Kier molecular flexibility index (Phi) is 3.60. The Balaban J connectivity index is 2.93. The first kappa shape index (κ1) is 9.59. The van der Waals surface area contributed by atoms with Crippen molar-refractivity contribution in [2.75, 3.05) is 0 Å². The smallest absolute Gasteiger partial charge is 0.0745 e. The Hall–Kier alpha value is -0.500. The first-order valence-corrected chi connectivity index (χ1v) is 4.73. The van der Waals surface area contributed by atoms with Crippen molar-refractivity contribution in [3.8, 4) is 0 Å². The molecule has 3 heteroatoms. The second kappa shape index (κ2) is 4.51. The van der Waals surface area contributed by atoms with Crippen LogP contribution in [0.15, 0.2) is 27.7 Å². The van der Waals surface area contributed by atoms with E-state index < -0.39 is 0 Å². The monoisotopic (exact) mass is 241 g/mol. The Labute approximate surface area is 85.6 Å². The van der Waals surface area contributed by atoms with Crippen molar-refractivity contribution < 1.29 is 0 Å². The van der Waals surface area contributed by atoms with Crippen molar-refractivity contribution in [2.24, 2.45) is 4.99 Å². The summed E-state index contributed by atoms with van der Waals surface area (Å²) >= 11 is 7.89. The molecular weight excluding hydrogens is 234 g/mol. The number of thiocarbonyl (C=S) groups is 1. The van der Waals surface area contributed by atoms with Crippen LogP contribution >= 0.6 is 28.1 Å². The number of rotatable bonds is 2. The van der Waals surface area contributed by atoms with Gasteiger partial charge in [-0.15, -0.1) is 0 Å². The van der Waals surface area contributed by atoms with E-state index in [-0.39, 0.29) is 0 Å². The maximum absolute atomic E-state index is 4.49. The van der Waals surface area contributed by atoms with Gasteiger partial charge in [-0.2, -0.15) is 0 Å². The van der Waals surface area contributed by atoms with E-state index in [0.29, 0.717) is 6.54 Å². The van der Waals surface area contributed by atoms with Gasteiger partial charge in [0, 0.05) is 4.47 Å². The Morgan fingerprint density at radius 1 is 1.58 bits per heavy atom. The molecule has 0 aliphatic heterocycles. The van der Waals surface area contributed by atoms with Crippen molar-refractivity contribution in [1.29, 1.82) is 0 Å². The summed E-state index contributed by atoms with van der Waals surface area (Å²) < 4.78 is 1.09. The van der Waals surface area contributed by atoms with Gasteiger partial charge in [-0.3, -0.25) is 0 Å². The van der Waals surface area contributed by atoms with Crippen LogP contribution in [0.1, 0.15) is 11.1 Å². The standard InChI is InChI=1S/C9H8BrNS/c1-7-4-9(10)3-2-8(7)5-11-6-12/h2-4H,5H2,1H3. The molecule has 0 aliphatic carbocycles. The first-order valence-electron chi connectivity index (χ1n) is 3.52. The third-order valence-corrected chi connectivity index (χ3v) is 2.24. The molecule has 0 N–H and O–H groups in total. The van der Waals surface area contributed by atoms with Crippen molar-refractivity contribution in [3.63, 3.8) is 0 Å². The highest BCUT2D eigenvalue weighted by Gasteiger charge is 1.96. The lowest BCUT2D eigenvalue weighted by Crippen LogP contribution is -1.85. The fourth-order valence-electron chi connectivity index (χ4n) is 0.954. The van der Waals surface area contributed by atoms with Crippen LogP contribution in [0.2, 0.25) is 0 Å². The van der Waals surface area contributed by atoms with E-state index in [1.165, 1.54) is 11.1 Å². The van der Waals surface area contributed by atoms with Crippen molar-refractivity contribution in [2.45, 2.75) is 13.5 Å². The molecule has 0 spiro atoms. The summed E-state index contributed by atoms with van der Waals surface area (Å²) in [5.41, 5.74) is 2.41. The molecule has 0 aromatic heterocycles. The molecule has 0 heterocycles. The second-order valence-corrected chi connectivity index (χ2v) is 3.58. The normalized spacial score (nSPS) is 9.17. The topological polar surface area (TPSA) is 12.4 Å². The lowest BCUT2D eigenvalue weighted by atomic mass is 10.1. The van der Waals surface area contributed by atoms with Crippen LogP contribution in [0, 0.1) is 6.92 Å². The van der Waals surface area contributed by atoms with Gasteiger partial charge in [0.15, 0.2) is 0 Å². The zero-order chi connectivity index (χ0) is 8.97. The number of isothiocyanates is 1. The number of hydrogen-bond acceptors (Lipinski definition) is 2. The average Bonchev–Trinajstić information content (AvgIpc) is 2.03. The summed E-state index contributed by atoms with van der Waals surface area (Å²) in [6.07, 6.45) is 0. The quantitative estimate of drug-likeness (QED) is 0.572. The Bertz CT molecular complexity index is 329. The second-order valence-electron chi connectivity index (χ2n) is 2.48. The molecule has 1 nitrogen and oxygen atoms in total. The number of benzene rings is 1. The SMILES string of the molecule is Cc1cc(Br)ccc1CN=C=S. The lowest BCUT2D eigenvalue weighted by molar-refractivity contribution is 1.06. The van der Waals surface area contributed by atoms with E-state index in [2.05, 4.69) is 51.3 Å². The molecule has 0 aliphatic rings. The molecule has 1 aromatic carbocycles. The number of halogens is 1. The summed E-state index contributed by atoms with van der Waals surface area (Å²) in [5, 5.41) is 2.35. The van der Waals surface area contributed by atoms with Crippen molar-refractivity contribution >= 4 is 33.3 Å². The predicted octanol–water partition coefficient (Wildman–Crippen LogP) is 3.36. The minimum atomic E-state index is 0.628. The molecule has 0 saturated carbocycles. The molecule has 0 saturated heterocycles. The Morgan fingerprint density at radius 2 is 2.33 bits per heavy atom. The van der Waals surface area contributed by atoms with E-state index in [9.17, 15) is 0 Å². The molecule has 12 heavy (non-hydrogen) atoms. The summed E-state index contributed by atoms with van der Waals surface area (Å²) in [6, 6.07) is 6.10. The third kappa shape index (κ3) is 2.52. The number of aryl methyl sites for hydroxylation is 1. The van der Waals surface area contributed by atoms with Crippen LogP contribution in [-0.2, 0) is 6.54 Å². The molecule has 0 bridgehead atoms. The van der Waals surface area contributed by atoms with Crippen LogP contribution in [-0.4, -0.2) is 5.16 Å². The lowest BCUT2D eigenvalue weighted by Gasteiger charge is -2.01. The zero-order valence-corrected chi connectivity index (χ0v) is 9.08. The van der Waals surface area contributed by atoms with Gasteiger partial charge in [-0.25, -0.2) is 4.99 Å². The molecule has 0 fully saturated rings. The minimum absolute atomic E-state index is 0.628. The fourth-order valence-corrected chi connectivity index (χ4v) is 1.49. The molecule has 62 valence electrons. The van der Waals surface area contributed by atoms with Gasteiger partial charge < -0.3 is 0 Å². The average molecular weight is 242 g/mol. The largest absolute Gasteiger partial charge is 0.228 e. The van der Waals surface area contributed by atoms with Gasteiger partial charge in [-0.05, 0) is 42.4 Å². The van der Waals surface area contributed by atoms with Crippen LogP contribution in [0.3, 0.4) is 0 Å². The van der Waals surface area contributed by atoms with Crippen molar-refractivity contribution in [1.82, 2.24) is 0 Å². The van der Waals surface area contributed by atoms with Gasteiger partial charge >= 0.3 is 0 Å². The number of aliphatic imine (C=N–C) groups is 1. The maximum Gasteiger partial charge on any atom is 0.0745 e. The Morgan fingerprint density at radius 3 is 2.92 bits per heavy atom. The van der Waals surface area contributed by atoms with Gasteiger partial charge in [0.25, 0.3) is 0 Å². The molecule has 0 radical (unpaired) electrons. The van der Waals surface area contributed by atoms with Crippen LogP contribution in [0.4, 0.5) is 0 Å². The first-order chi connectivity index (χ1) is 5.74. The van der Waals surface area contributed by atoms with Gasteiger partial charge in [0.1, 0.15) is 0 Å². The van der Waals surface area contributed by atoms with E-state index in [1.54, 1.807) is 0 Å². The summed E-state index contributed by atoms with van der Waals surface area (Å²) in [5.74, 6) is 0. The molecule has 0 unspecified atom stereocenters. The minimum Gasteiger partial charge on any atom is -0.228 e. The highest BCUT2D eigenvalue weighted by molar-refractivity contribution is 9.10. The van der Waals surface area contributed by atoms with E-state index in [4.69, 9.17) is 0 Å². The molecule has 1 aromatic rings. The fraction of sp³-hybridized carbons (Fsp3) is 0.222. The highest BCUT2D eigenvalue weighted by atomic mass is 79.9. The van der Waals surface area contributed by atoms with Crippen LogP contribution in [0.5, 0.6) is 0 Å². The van der Waals surface area contributed by atoms with E-state index in [0.717, 1.165) is 4.47 Å². The number of nitrogens with zero attached hydrogens (tertiary/aromatic N) is 1. The van der Waals surface area contributed by atoms with E-state index >= 15 is 0 Å². The summed E-state index contributed by atoms with van der Waals surface area (Å²) in [6.45, 7) is 2.68. The van der Waals surface area contributed by atoms with E-state index in [1.807, 2.05) is 12.1 Å². The predicted molar refractivity (Wildman–Crippen MR) is 57.6 cm³/mol. The van der Waals surface area contributed by atoms with Crippen LogP contribution in [0.25, 0.3) is 0 Å². The number of hydrogen-bond donors (Lipinski definition) is 0. The maximum atomic E-state index is 4.49. The third-order valence-electron chi connectivity index (χ3n) is 1.62. The van der Waals surface area contributed by atoms with Crippen molar-refractivity contribution in [3.05, 3.63) is 33.8 Å². The molecule has 0 amide bonds.